The van der Waals surface area contributed by atoms with Crippen LogP contribution >= 0.6 is 0 Å². The highest BCUT2D eigenvalue weighted by molar-refractivity contribution is 6.01. The number of benzene rings is 1. The van der Waals surface area contributed by atoms with Gasteiger partial charge in [-0.05, 0) is 25.3 Å². The Labute approximate surface area is 103 Å². The molecule has 0 unspecified atom stereocenters. The zero-order valence-electron chi connectivity index (χ0n) is 10.1. The topological polar surface area (TPSA) is 36.1 Å². The van der Waals surface area contributed by atoms with Gasteiger partial charge in [0.2, 0.25) is 0 Å². The molecule has 86 valence electrons. The predicted octanol–water partition coefficient (Wildman–Crippen LogP) is 3.87. The average molecular weight is 224 g/mol. The van der Waals surface area contributed by atoms with Gasteiger partial charge in [-0.15, -0.1) is 6.58 Å². The second-order valence-electron chi connectivity index (χ2n) is 3.54. The first-order valence-electron chi connectivity index (χ1n) is 5.62. The molecule has 0 aliphatic rings. The van der Waals surface area contributed by atoms with E-state index in [9.17, 15) is 0 Å². The number of allylic oxidation sites excluding steroid dienone is 3. The molecule has 0 saturated carbocycles. The Kier molecular flexibility index (Phi) is 5.46. The van der Waals surface area contributed by atoms with Crippen molar-refractivity contribution < 1.29 is 0 Å². The number of hydrogen-bond donors (Lipinski definition) is 0. The lowest BCUT2D eigenvalue weighted by Gasteiger charge is -2.04. The smallest absolute Gasteiger partial charge is 0.136 e. The molecule has 1 aromatic carbocycles. The molecule has 0 bridgehead atoms. The van der Waals surface area contributed by atoms with Gasteiger partial charge in [-0.2, -0.15) is 5.26 Å². The van der Waals surface area contributed by atoms with E-state index in [4.69, 9.17) is 5.26 Å². The van der Waals surface area contributed by atoms with E-state index in [-0.39, 0.29) is 0 Å². The van der Waals surface area contributed by atoms with Crippen LogP contribution in [0, 0.1) is 11.3 Å². The second-order valence-corrected chi connectivity index (χ2v) is 3.54. The van der Waals surface area contributed by atoms with Crippen molar-refractivity contribution in [2.24, 2.45) is 4.99 Å². The number of rotatable bonds is 5. The maximum atomic E-state index is 8.90. The molecule has 0 aliphatic heterocycles. The van der Waals surface area contributed by atoms with Crippen molar-refractivity contribution in [3.8, 4) is 6.07 Å². The van der Waals surface area contributed by atoms with Crippen molar-refractivity contribution in [2.75, 3.05) is 0 Å². The van der Waals surface area contributed by atoms with E-state index in [0.717, 1.165) is 24.1 Å². The fraction of sp³-hybridized carbons (Fsp3) is 0.200. The van der Waals surface area contributed by atoms with Gasteiger partial charge in [-0.1, -0.05) is 42.5 Å². The van der Waals surface area contributed by atoms with E-state index in [1.807, 2.05) is 43.3 Å². The molecule has 0 heterocycles. The highest BCUT2D eigenvalue weighted by Crippen LogP contribution is 2.10. The largest absolute Gasteiger partial charge is 0.242 e. The molecule has 0 amide bonds. The molecule has 0 radical (unpaired) electrons. The predicted molar refractivity (Wildman–Crippen MR) is 71.8 cm³/mol. The molecule has 2 heteroatoms. The van der Waals surface area contributed by atoms with Gasteiger partial charge in [0.15, 0.2) is 0 Å². The number of hydrogen-bond acceptors (Lipinski definition) is 2. The third-order valence-electron chi connectivity index (χ3n) is 2.34. The van der Waals surface area contributed by atoms with Crippen LogP contribution in [0.25, 0.3) is 0 Å². The van der Waals surface area contributed by atoms with Crippen LogP contribution < -0.4 is 0 Å². The van der Waals surface area contributed by atoms with Crippen molar-refractivity contribution in [2.45, 2.75) is 19.8 Å². The minimum atomic E-state index is 0.452. The van der Waals surface area contributed by atoms with Gasteiger partial charge in [-0.25, -0.2) is 4.99 Å². The van der Waals surface area contributed by atoms with Crippen LogP contribution in [0.2, 0.25) is 0 Å². The third-order valence-corrected chi connectivity index (χ3v) is 2.34. The molecular weight excluding hydrogens is 208 g/mol. The number of nitriles is 1. The Balaban J connectivity index is 3.04. The summed E-state index contributed by atoms with van der Waals surface area (Å²) in [6, 6.07) is 12.0. The van der Waals surface area contributed by atoms with Crippen molar-refractivity contribution in [3.63, 3.8) is 0 Å². The Morgan fingerprint density at radius 2 is 2.12 bits per heavy atom. The first kappa shape index (κ1) is 12.9. The molecule has 0 aromatic heterocycles. The zero-order chi connectivity index (χ0) is 12.5. The van der Waals surface area contributed by atoms with E-state index in [1.54, 1.807) is 6.08 Å². The Bertz CT molecular complexity index is 461. The zero-order valence-corrected chi connectivity index (χ0v) is 10.1. The maximum absolute atomic E-state index is 8.90. The molecule has 2 nitrogen and oxygen atoms in total. The van der Waals surface area contributed by atoms with Crippen molar-refractivity contribution >= 4 is 5.71 Å². The third kappa shape index (κ3) is 4.08. The van der Waals surface area contributed by atoms with Crippen LogP contribution in [0.4, 0.5) is 0 Å². The highest BCUT2D eigenvalue weighted by Gasteiger charge is 2.03. The Hall–Kier alpha value is -2.14. The molecular formula is C15H16N2. The average Bonchev–Trinajstić information content (AvgIpc) is 2.40. The van der Waals surface area contributed by atoms with E-state index in [2.05, 4.69) is 17.6 Å². The van der Waals surface area contributed by atoms with Crippen LogP contribution in [-0.4, -0.2) is 5.71 Å². The van der Waals surface area contributed by atoms with Crippen molar-refractivity contribution in [1.82, 2.24) is 0 Å². The summed E-state index contributed by atoms with van der Waals surface area (Å²) in [6.45, 7) is 5.53. The molecule has 0 spiro atoms. The molecule has 0 saturated heterocycles. The lowest BCUT2D eigenvalue weighted by Crippen LogP contribution is -2.00. The van der Waals surface area contributed by atoms with Crippen LogP contribution in [-0.2, 0) is 0 Å². The summed E-state index contributed by atoms with van der Waals surface area (Å²) in [4.78, 5) is 4.39. The van der Waals surface area contributed by atoms with Crippen LogP contribution in [0.3, 0.4) is 0 Å². The van der Waals surface area contributed by atoms with Gasteiger partial charge in [-0.3, -0.25) is 0 Å². The Morgan fingerprint density at radius 3 is 2.65 bits per heavy atom. The van der Waals surface area contributed by atoms with Crippen molar-refractivity contribution in [3.05, 3.63) is 60.3 Å². The fourth-order valence-corrected chi connectivity index (χ4v) is 1.43. The number of aliphatic imine (C=N–C) groups is 1. The highest BCUT2D eigenvalue weighted by atomic mass is 14.8. The van der Waals surface area contributed by atoms with Crippen LogP contribution in [0.15, 0.2) is 59.8 Å². The van der Waals surface area contributed by atoms with E-state index < -0.39 is 0 Å². The summed E-state index contributed by atoms with van der Waals surface area (Å²) in [6.07, 6.45) is 5.24. The fourth-order valence-electron chi connectivity index (χ4n) is 1.43. The molecule has 0 aliphatic carbocycles. The summed E-state index contributed by atoms with van der Waals surface area (Å²) in [7, 11) is 0. The van der Waals surface area contributed by atoms with Crippen molar-refractivity contribution in [1.29, 1.82) is 5.26 Å². The number of nitrogens with zero attached hydrogens (tertiary/aromatic N) is 2. The van der Waals surface area contributed by atoms with Gasteiger partial charge in [0.05, 0.1) is 0 Å². The summed E-state index contributed by atoms with van der Waals surface area (Å²) in [5.41, 5.74) is 2.44. The summed E-state index contributed by atoms with van der Waals surface area (Å²) >= 11 is 0. The van der Waals surface area contributed by atoms with E-state index >= 15 is 0 Å². The van der Waals surface area contributed by atoms with Crippen LogP contribution in [0.5, 0.6) is 0 Å². The molecule has 1 aromatic rings. The van der Waals surface area contributed by atoms with Gasteiger partial charge in [0.25, 0.3) is 0 Å². The lowest BCUT2D eigenvalue weighted by atomic mass is 10.1. The summed E-state index contributed by atoms with van der Waals surface area (Å²) in [5, 5.41) is 8.90. The molecule has 0 N–H and O–H groups in total. The SMILES string of the molecule is C=CCCC(=N/C(C#N)=C/C)c1ccccc1. The second kappa shape index (κ2) is 7.19. The van der Waals surface area contributed by atoms with Gasteiger partial charge in [0.1, 0.15) is 11.8 Å². The lowest BCUT2D eigenvalue weighted by molar-refractivity contribution is 1.09. The quantitative estimate of drug-likeness (QED) is 0.425. The Morgan fingerprint density at radius 1 is 1.41 bits per heavy atom. The molecule has 0 fully saturated rings. The van der Waals surface area contributed by atoms with Gasteiger partial charge >= 0.3 is 0 Å². The summed E-state index contributed by atoms with van der Waals surface area (Å²) < 4.78 is 0. The molecule has 0 atom stereocenters. The summed E-state index contributed by atoms with van der Waals surface area (Å²) in [5.74, 6) is 0. The first-order valence-corrected chi connectivity index (χ1v) is 5.62. The molecule has 17 heavy (non-hydrogen) atoms. The molecule has 1 rings (SSSR count). The normalized spacial score (nSPS) is 12.0. The van der Waals surface area contributed by atoms with E-state index in [0.29, 0.717) is 5.70 Å². The van der Waals surface area contributed by atoms with E-state index in [1.165, 1.54) is 0 Å². The van der Waals surface area contributed by atoms with Gasteiger partial charge in [0, 0.05) is 5.71 Å². The monoisotopic (exact) mass is 224 g/mol. The standard InChI is InChI=1S/C15H16N2/c1-3-5-11-15(17-14(4-2)12-16)13-9-7-6-8-10-13/h3-4,6-10H,1,5,11H2,2H3/b14-4+,17-15?. The maximum Gasteiger partial charge on any atom is 0.136 e. The van der Waals surface area contributed by atoms with Crippen LogP contribution in [0.1, 0.15) is 25.3 Å². The minimum Gasteiger partial charge on any atom is -0.242 e. The minimum absolute atomic E-state index is 0.452. The first-order chi connectivity index (χ1) is 8.31. The van der Waals surface area contributed by atoms with Gasteiger partial charge < -0.3 is 0 Å².